The molecule has 2 nitrogen and oxygen atoms in total. The first-order valence-corrected chi connectivity index (χ1v) is 5.43. The lowest BCUT2D eigenvalue weighted by molar-refractivity contribution is -0.155. The lowest BCUT2D eigenvalue weighted by Crippen LogP contribution is -2.40. The van der Waals surface area contributed by atoms with Gasteiger partial charge in [-0.15, -0.1) is 0 Å². The van der Waals surface area contributed by atoms with Gasteiger partial charge in [-0.25, -0.2) is 0 Å². The molecule has 2 heteroatoms. The number of hydrogen-bond acceptors (Lipinski definition) is 1. The second-order valence-corrected chi connectivity index (χ2v) is 5.39. The molecule has 0 spiro atoms. The number of carboxylic acid groups (broad SMARTS) is 1. The van der Waals surface area contributed by atoms with Crippen LogP contribution >= 0.6 is 0 Å². The van der Waals surface area contributed by atoms with Crippen LogP contribution in [0.1, 0.15) is 38.5 Å². The Kier molecular flexibility index (Phi) is 1.38. The van der Waals surface area contributed by atoms with E-state index in [2.05, 4.69) is 0 Å². The van der Waals surface area contributed by atoms with Crippen molar-refractivity contribution in [2.45, 2.75) is 38.5 Å². The molecule has 3 aliphatic rings. The SMILES string of the molecule is O=C(O)C12CCC3CC(CC3C1)C2. The minimum absolute atomic E-state index is 0.291. The van der Waals surface area contributed by atoms with Crippen LogP contribution in [0.15, 0.2) is 0 Å². The van der Waals surface area contributed by atoms with Gasteiger partial charge in [-0.1, -0.05) is 0 Å². The van der Waals surface area contributed by atoms with Crippen LogP contribution in [0.25, 0.3) is 0 Å². The van der Waals surface area contributed by atoms with Crippen molar-refractivity contribution in [2.75, 3.05) is 0 Å². The van der Waals surface area contributed by atoms with E-state index in [-0.39, 0.29) is 5.41 Å². The van der Waals surface area contributed by atoms with E-state index in [9.17, 15) is 9.90 Å². The average molecular weight is 180 g/mol. The Morgan fingerprint density at radius 3 is 2.77 bits per heavy atom. The van der Waals surface area contributed by atoms with E-state index >= 15 is 0 Å². The summed E-state index contributed by atoms with van der Waals surface area (Å²) in [6.07, 6.45) is 6.78. The fourth-order valence-corrected chi connectivity index (χ4v) is 4.19. The molecule has 3 saturated carbocycles. The van der Waals surface area contributed by atoms with E-state index in [1.807, 2.05) is 0 Å². The molecule has 0 amide bonds. The van der Waals surface area contributed by atoms with Gasteiger partial charge in [-0.3, -0.25) is 4.79 Å². The van der Waals surface area contributed by atoms with Crippen LogP contribution in [0.2, 0.25) is 0 Å². The third kappa shape index (κ3) is 0.918. The van der Waals surface area contributed by atoms with Crippen LogP contribution in [0.5, 0.6) is 0 Å². The molecule has 0 aromatic heterocycles. The van der Waals surface area contributed by atoms with Crippen molar-refractivity contribution >= 4 is 5.97 Å². The average Bonchev–Trinajstić information content (AvgIpc) is 2.28. The predicted octanol–water partition coefficient (Wildman–Crippen LogP) is 2.29. The van der Waals surface area contributed by atoms with Gasteiger partial charge >= 0.3 is 5.97 Å². The van der Waals surface area contributed by atoms with E-state index < -0.39 is 5.97 Å². The Morgan fingerprint density at radius 1 is 1.23 bits per heavy atom. The molecule has 4 atom stereocenters. The van der Waals surface area contributed by atoms with Gasteiger partial charge in [0.15, 0.2) is 0 Å². The lowest BCUT2D eigenvalue weighted by Gasteiger charge is -2.41. The van der Waals surface area contributed by atoms with E-state index in [0.717, 1.165) is 37.0 Å². The molecular formula is C11H16O2. The zero-order valence-electron chi connectivity index (χ0n) is 7.83. The van der Waals surface area contributed by atoms with E-state index in [1.165, 1.54) is 19.3 Å². The van der Waals surface area contributed by atoms with E-state index in [0.29, 0.717) is 0 Å². The molecule has 13 heavy (non-hydrogen) atoms. The van der Waals surface area contributed by atoms with Gasteiger partial charge in [0.1, 0.15) is 0 Å². The molecule has 0 aromatic rings. The summed E-state index contributed by atoms with van der Waals surface area (Å²) >= 11 is 0. The topological polar surface area (TPSA) is 37.3 Å². The van der Waals surface area contributed by atoms with E-state index in [1.54, 1.807) is 0 Å². The third-order valence-corrected chi connectivity index (χ3v) is 4.72. The largest absolute Gasteiger partial charge is 0.481 e. The van der Waals surface area contributed by atoms with Crippen molar-refractivity contribution in [1.82, 2.24) is 0 Å². The van der Waals surface area contributed by atoms with Gasteiger partial charge in [0, 0.05) is 0 Å². The first kappa shape index (κ1) is 7.84. The molecule has 3 fully saturated rings. The molecule has 0 heterocycles. The Labute approximate surface area is 78.3 Å². The summed E-state index contributed by atoms with van der Waals surface area (Å²) in [4.78, 5) is 11.3. The highest BCUT2D eigenvalue weighted by Gasteiger charge is 2.55. The van der Waals surface area contributed by atoms with Crippen LogP contribution in [0.4, 0.5) is 0 Å². The maximum Gasteiger partial charge on any atom is 0.309 e. The van der Waals surface area contributed by atoms with Gasteiger partial charge in [0.25, 0.3) is 0 Å². The molecule has 72 valence electrons. The lowest BCUT2D eigenvalue weighted by atomic mass is 9.62. The maximum atomic E-state index is 11.3. The summed E-state index contributed by atoms with van der Waals surface area (Å²) in [5.41, 5.74) is -0.291. The van der Waals surface area contributed by atoms with Crippen molar-refractivity contribution in [2.24, 2.45) is 23.2 Å². The smallest absolute Gasteiger partial charge is 0.309 e. The van der Waals surface area contributed by atoms with Gasteiger partial charge in [0.05, 0.1) is 5.41 Å². The van der Waals surface area contributed by atoms with Crippen LogP contribution in [0.3, 0.4) is 0 Å². The first-order valence-electron chi connectivity index (χ1n) is 5.43. The number of aliphatic carboxylic acids is 1. The second-order valence-electron chi connectivity index (χ2n) is 5.39. The number of fused-ring (bicyclic) bond motifs is 2. The van der Waals surface area contributed by atoms with Crippen molar-refractivity contribution in [3.8, 4) is 0 Å². The Bertz CT molecular complexity index is 257. The van der Waals surface area contributed by atoms with Gasteiger partial charge in [-0.2, -0.15) is 0 Å². The highest BCUT2D eigenvalue weighted by atomic mass is 16.4. The Hall–Kier alpha value is -0.530. The number of carbonyl (C=O) groups is 1. The number of rotatable bonds is 1. The van der Waals surface area contributed by atoms with Crippen molar-refractivity contribution in [3.63, 3.8) is 0 Å². The maximum absolute atomic E-state index is 11.3. The van der Waals surface area contributed by atoms with Crippen LogP contribution in [-0.2, 0) is 4.79 Å². The summed E-state index contributed by atoms with van der Waals surface area (Å²) in [7, 11) is 0. The molecule has 3 aliphatic carbocycles. The highest BCUT2D eigenvalue weighted by Crippen LogP contribution is 2.60. The van der Waals surface area contributed by atoms with Gasteiger partial charge in [0.2, 0.25) is 0 Å². The van der Waals surface area contributed by atoms with Gasteiger partial charge in [-0.05, 0) is 56.3 Å². The Balaban J connectivity index is 1.97. The minimum atomic E-state index is -0.512. The van der Waals surface area contributed by atoms with Crippen LogP contribution in [-0.4, -0.2) is 11.1 Å². The standard InChI is InChI=1S/C11H16O2/c12-10(13)11-2-1-8-3-7(5-11)4-9(8)6-11/h7-9H,1-6H2,(H,12,13). The molecule has 3 rings (SSSR count). The number of hydrogen-bond donors (Lipinski definition) is 1. The molecule has 4 unspecified atom stereocenters. The van der Waals surface area contributed by atoms with Crippen molar-refractivity contribution in [3.05, 3.63) is 0 Å². The quantitative estimate of drug-likeness (QED) is 0.672. The molecule has 0 saturated heterocycles. The summed E-state index contributed by atoms with van der Waals surface area (Å²) in [5.74, 6) is 1.90. The third-order valence-electron chi connectivity index (χ3n) is 4.72. The summed E-state index contributed by atoms with van der Waals surface area (Å²) in [6, 6.07) is 0. The normalized spacial score (nSPS) is 52.5. The molecule has 0 aliphatic heterocycles. The first-order chi connectivity index (χ1) is 6.20. The summed E-state index contributed by atoms with van der Waals surface area (Å²) in [6.45, 7) is 0. The fourth-order valence-electron chi connectivity index (χ4n) is 4.19. The fraction of sp³-hybridized carbons (Fsp3) is 0.909. The Morgan fingerprint density at radius 2 is 2.00 bits per heavy atom. The molecule has 0 aromatic carbocycles. The van der Waals surface area contributed by atoms with Crippen molar-refractivity contribution in [1.29, 1.82) is 0 Å². The summed E-state index contributed by atoms with van der Waals surface area (Å²) in [5, 5.41) is 9.28. The van der Waals surface area contributed by atoms with Crippen LogP contribution < -0.4 is 0 Å². The van der Waals surface area contributed by atoms with Gasteiger partial charge < -0.3 is 5.11 Å². The van der Waals surface area contributed by atoms with E-state index in [4.69, 9.17) is 0 Å². The molecule has 3 bridgehead atoms. The zero-order chi connectivity index (χ0) is 9.05. The summed E-state index contributed by atoms with van der Waals surface area (Å²) < 4.78 is 0. The number of carboxylic acids is 1. The highest BCUT2D eigenvalue weighted by molar-refractivity contribution is 5.75. The molecule has 0 radical (unpaired) electrons. The minimum Gasteiger partial charge on any atom is -0.481 e. The predicted molar refractivity (Wildman–Crippen MR) is 48.2 cm³/mol. The van der Waals surface area contributed by atoms with Crippen molar-refractivity contribution < 1.29 is 9.90 Å². The molecule has 1 N–H and O–H groups in total. The molecular weight excluding hydrogens is 164 g/mol. The monoisotopic (exact) mass is 180 g/mol. The zero-order valence-corrected chi connectivity index (χ0v) is 7.83. The second kappa shape index (κ2) is 2.28. The van der Waals surface area contributed by atoms with Crippen LogP contribution in [0, 0.1) is 23.2 Å².